The highest BCUT2D eigenvalue weighted by molar-refractivity contribution is 7.15. The van der Waals surface area contributed by atoms with Crippen molar-refractivity contribution >= 4 is 28.1 Å². The van der Waals surface area contributed by atoms with Gasteiger partial charge in [0.05, 0.1) is 23.9 Å². The van der Waals surface area contributed by atoms with Gasteiger partial charge in [-0.3, -0.25) is 19.0 Å². The van der Waals surface area contributed by atoms with Crippen molar-refractivity contribution in [2.75, 3.05) is 13.1 Å². The summed E-state index contributed by atoms with van der Waals surface area (Å²) < 4.78 is 1.98. The van der Waals surface area contributed by atoms with Crippen LogP contribution in [-0.4, -0.2) is 44.2 Å². The van der Waals surface area contributed by atoms with Crippen LogP contribution in [-0.2, 0) is 22.6 Å². The number of nitrogens with one attached hydrogen (secondary N) is 1. The smallest absolute Gasteiger partial charge is 0.225 e. The van der Waals surface area contributed by atoms with E-state index in [2.05, 4.69) is 15.3 Å². The summed E-state index contributed by atoms with van der Waals surface area (Å²) >= 11 is 1.59. The van der Waals surface area contributed by atoms with Gasteiger partial charge in [-0.25, -0.2) is 4.98 Å². The molecule has 0 bridgehead atoms. The summed E-state index contributed by atoms with van der Waals surface area (Å²) in [5, 5.41) is 4.92. The normalized spacial score (nSPS) is 17.2. The van der Waals surface area contributed by atoms with E-state index in [1.165, 1.54) is 0 Å². The van der Waals surface area contributed by atoms with Crippen LogP contribution >= 0.6 is 11.3 Å². The molecule has 1 saturated heterocycles. The van der Waals surface area contributed by atoms with Crippen LogP contribution in [0.25, 0.3) is 4.96 Å². The lowest BCUT2D eigenvalue weighted by atomic mass is 10.1. The van der Waals surface area contributed by atoms with Gasteiger partial charge >= 0.3 is 0 Å². The number of thiazole rings is 1. The number of fused-ring (bicyclic) bond motifs is 1. The second-order valence-electron chi connectivity index (χ2n) is 6.36. The van der Waals surface area contributed by atoms with Crippen molar-refractivity contribution in [2.24, 2.45) is 5.92 Å². The van der Waals surface area contributed by atoms with Crippen molar-refractivity contribution in [3.8, 4) is 0 Å². The Morgan fingerprint density at radius 3 is 3.08 bits per heavy atom. The number of hydrogen-bond donors (Lipinski definition) is 1. The number of hydrogen-bond acceptors (Lipinski definition) is 5. The molecule has 8 heteroatoms. The fourth-order valence-electron chi connectivity index (χ4n) is 3.14. The van der Waals surface area contributed by atoms with Gasteiger partial charge in [-0.1, -0.05) is 6.07 Å². The van der Waals surface area contributed by atoms with E-state index in [4.69, 9.17) is 0 Å². The first kappa shape index (κ1) is 16.7. The lowest BCUT2D eigenvalue weighted by molar-refractivity contribution is -0.129. The first-order chi connectivity index (χ1) is 12.7. The first-order valence-corrected chi connectivity index (χ1v) is 9.43. The van der Waals surface area contributed by atoms with Crippen molar-refractivity contribution in [3.05, 3.63) is 53.6 Å². The van der Waals surface area contributed by atoms with Crippen LogP contribution in [0.5, 0.6) is 0 Å². The number of amides is 2. The highest BCUT2D eigenvalue weighted by Crippen LogP contribution is 2.20. The van der Waals surface area contributed by atoms with E-state index in [-0.39, 0.29) is 24.2 Å². The van der Waals surface area contributed by atoms with Crippen molar-refractivity contribution in [1.29, 1.82) is 0 Å². The molecule has 4 rings (SSSR count). The van der Waals surface area contributed by atoms with Crippen LogP contribution in [0.3, 0.4) is 0 Å². The molecule has 1 aliphatic heterocycles. The third kappa shape index (κ3) is 3.60. The van der Waals surface area contributed by atoms with E-state index in [9.17, 15) is 9.59 Å². The molecule has 1 atom stereocenters. The van der Waals surface area contributed by atoms with Gasteiger partial charge in [-0.15, -0.1) is 11.3 Å². The number of nitrogens with zero attached hydrogens (tertiary/aromatic N) is 4. The maximum Gasteiger partial charge on any atom is 0.225 e. The number of likely N-dealkylation sites (tertiary alicyclic amines) is 1. The summed E-state index contributed by atoms with van der Waals surface area (Å²) in [6.45, 7) is 1.42. The second kappa shape index (κ2) is 7.25. The van der Waals surface area contributed by atoms with E-state index in [1.807, 2.05) is 40.4 Å². The Bertz CT molecular complexity index is 891. The van der Waals surface area contributed by atoms with Gasteiger partial charge in [-0.2, -0.15) is 0 Å². The molecule has 2 amide bonds. The third-order valence-electron chi connectivity index (χ3n) is 4.49. The minimum Gasteiger partial charge on any atom is -0.355 e. The van der Waals surface area contributed by atoms with Crippen molar-refractivity contribution in [3.63, 3.8) is 0 Å². The van der Waals surface area contributed by atoms with Crippen molar-refractivity contribution in [2.45, 2.75) is 19.4 Å². The van der Waals surface area contributed by atoms with Crippen LogP contribution < -0.4 is 5.32 Å². The Kier molecular flexibility index (Phi) is 4.66. The number of pyridine rings is 1. The van der Waals surface area contributed by atoms with Crippen LogP contribution in [0.2, 0.25) is 0 Å². The van der Waals surface area contributed by atoms with Crippen LogP contribution in [0.1, 0.15) is 17.8 Å². The average molecular weight is 369 g/mol. The highest BCUT2D eigenvalue weighted by atomic mass is 32.1. The SMILES string of the molecule is O=C(NCCc1cn2ccsc2n1)[C@H]1CC(=O)N(Cc2ccccn2)C1. The second-order valence-corrected chi connectivity index (χ2v) is 7.24. The minimum absolute atomic E-state index is 0.00476. The molecule has 26 heavy (non-hydrogen) atoms. The van der Waals surface area contributed by atoms with E-state index in [0.717, 1.165) is 16.3 Å². The predicted octanol–water partition coefficient (Wildman–Crippen LogP) is 1.50. The molecule has 1 aliphatic rings. The molecule has 134 valence electrons. The average Bonchev–Trinajstić information content (AvgIpc) is 3.31. The molecular formula is C18H19N5O2S. The molecule has 1 fully saturated rings. The maximum absolute atomic E-state index is 12.4. The zero-order valence-corrected chi connectivity index (χ0v) is 15.0. The number of carbonyl (C=O) groups is 2. The Morgan fingerprint density at radius 1 is 1.35 bits per heavy atom. The van der Waals surface area contributed by atoms with Gasteiger partial charge in [0.1, 0.15) is 0 Å². The van der Waals surface area contributed by atoms with E-state index < -0.39 is 0 Å². The third-order valence-corrected chi connectivity index (χ3v) is 5.26. The first-order valence-electron chi connectivity index (χ1n) is 8.55. The molecular weight excluding hydrogens is 350 g/mol. The summed E-state index contributed by atoms with van der Waals surface area (Å²) in [4.78, 5) is 35.9. The van der Waals surface area contributed by atoms with Crippen LogP contribution in [0.4, 0.5) is 0 Å². The van der Waals surface area contributed by atoms with Crippen LogP contribution in [0, 0.1) is 5.92 Å². The Hall–Kier alpha value is -2.74. The standard InChI is InChI=1S/C18H19N5O2S/c24-16-9-13(10-23(16)11-14-3-1-2-5-19-14)17(25)20-6-4-15-12-22-7-8-26-18(22)21-15/h1-3,5,7-8,12-13H,4,6,9-11H2,(H,20,25)/t13-/m0/s1. The molecule has 0 unspecified atom stereocenters. The fourth-order valence-corrected chi connectivity index (χ4v) is 3.86. The fraction of sp³-hybridized carbons (Fsp3) is 0.333. The highest BCUT2D eigenvalue weighted by Gasteiger charge is 2.34. The minimum atomic E-state index is -0.295. The molecule has 1 N–H and O–H groups in total. The van der Waals surface area contributed by atoms with E-state index in [1.54, 1.807) is 22.4 Å². The number of imidazole rings is 1. The lowest BCUT2D eigenvalue weighted by Gasteiger charge is -2.16. The summed E-state index contributed by atoms with van der Waals surface area (Å²) in [5.74, 6) is -0.357. The maximum atomic E-state index is 12.4. The van der Waals surface area contributed by atoms with E-state index in [0.29, 0.717) is 26.1 Å². The molecule has 0 saturated carbocycles. The van der Waals surface area contributed by atoms with Crippen LogP contribution in [0.15, 0.2) is 42.2 Å². The van der Waals surface area contributed by atoms with E-state index >= 15 is 0 Å². The summed E-state index contributed by atoms with van der Waals surface area (Å²) in [6.07, 6.45) is 6.60. The molecule has 3 aromatic heterocycles. The van der Waals surface area contributed by atoms with Crippen molar-refractivity contribution in [1.82, 2.24) is 24.6 Å². The monoisotopic (exact) mass is 369 g/mol. The summed E-state index contributed by atoms with van der Waals surface area (Å²) in [5.41, 5.74) is 1.79. The van der Waals surface area contributed by atoms with Gasteiger partial charge in [-0.05, 0) is 12.1 Å². The molecule has 0 radical (unpaired) electrons. The zero-order valence-electron chi connectivity index (χ0n) is 14.2. The molecule has 4 heterocycles. The Balaban J connectivity index is 1.27. The molecule has 0 spiro atoms. The number of rotatable bonds is 6. The predicted molar refractivity (Wildman–Crippen MR) is 97.5 cm³/mol. The Labute approximate surface area is 154 Å². The van der Waals surface area contributed by atoms with Gasteiger partial charge in [0, 0.05) is 49.9 Å². The van der Waals surface area contributed by atoms with Gasteiger partial charge in [0.15, 0.2) is 4.96 Å². The Morgan fingerprint density at radius 2 is 2.27 bits per heavy atom. The van der Waals surface area contributed by atoms with Gasteiger partial charge in [0.2, 0.25) is 11.8 Å². The molecule has 0 aromatic carbocycles. The summed E-state index contributed by atoms with van der Waals surface area (Å²) in [7, 11) is 0. The number of aromatic nitrogens is 3. The number of carbonyl (C=O) groups excluding carboxylic acids is 2. The quantitative estimate of drug-likeness (QED) is 0.714. The van der Waals surface area contributed by atoms with Crippen molar-refractivity contribution < 1.29 is 9.59 Å². The van der Waals surface area contributed by atoms with Gasteiger partial charge < -0.3 is 10.2 Å². The largest absolute Gasteiger partial charge is 0.355 e. The lowest BCUT2D eigenvalue weighted by Crippen LogP contribution is -2.34. The zero-order chi connectivity index (χ0) is 17.9. The molecule has 0 aliphatic carbocycles. The molecule has 7 nitrogen and oxygen atoms in total. The summed E-state index contributed by atoms with van der Waals surface area (Å²) in [6, 6.07) is 5.62. The molecule has 3 aromatic rings. The topological polar surface area (TPSA) is 79.6 Å². The van der Waals surface area contributed by atoms with Gasteiger partial charge in [0.25, 0.3) is 0 Å².